The second kappa shape index (κ2) is 8.98. The Kier molecular flexibility index (Phi) is 8.51. The van der Waals surface area contributed by atoms with Gasteiger partial charge in [0.15, 0.2) is 0 Å². The molecule has 1 aromatic rings. The van der Waals surface area contributed by atoms with Crippen LogP contribution in [0.4, 0.5) is 4.39 Å². The Bertz CT molecular complexity index is 461. The number of phenols is 1. The maximum Gasteiger partial charge on any atom is 0.131 e. The third kappa shape index (κ3) is 4.50. The van der Waals surface area contributed by atoms with Crippen molar-refractivity contribution in [3.63, 3.8) is 0 Å². The van der Waals surface area contributed by atoms with Gasteiger partial charge in [0.1, 0.15) is 11.6 Å². The number of aromatic hydroxyl groups is 1. The van der Waals surface area contributed by atoms with Crippen LogP contribution in [0.3, 0.4) is 0 Å². The quantitative estimate of drug-likeness (QED) is 0.896. The highest BCUT2D eigenvalue weighted by molar-refractivity contribution is 5.85. The number of nitrogens with one attached hydrogen (secondary N) is 1. The molecule has 0 bridgehead atoms. The van der Waals surface area contributed by atoms with E-state index in [0.717, 1.165) is 32.2 Å². The summed E-state index contributed by atoms with van der Waals surface area (Å²) in [5, 5.41) is 21.4. The molecule has 1 atom stereocenters. The number of nitriles is 1. The zero-order valence-electron chi connectivity index (χ0n) is 10.9. The van der Waals surface area contributed by atoms with Crippen molar-refractivity contribution in [1.29, 1.82) is 5.26 Å². The van der Waals surface area contributed by atoms with Gasteiger partial charge in [-0.3, -0.25) is 4.90 Å². The third-order valence-electron chi connectivity index (χ3n) is 3.22. The van der Waals surface area contributed by atoms with E-state index in [0.29, 0.717) is 5.56 Å². The first-order valence-corrected chi connectivity index (χ1v) is 6.02. The molecule has 7 heteroatoms. The van der Waals surface area contributed by atoms with Gasteiger partial charge in [0.05, 0.1) is 18.5 Å². The number of benzene rings is 1. The van der Waals surface area contributed by atoms with Crippen LogP contribution in [0.15, 0.2) is 18.2 Å². The van der Waals surface area contributed by atoms with Crippen LogP contribution in [0.25, 0.3) is 0 Å². The first kappa shape index (κ1) is 18.9. The fourth-order valence-corrected chi connectivity index (χ4v) is 2.30. The molecule has 1 heterocycles. The SMILES string of the molecule is Cl.Cl.N#CC[C@@H](c1ccc(O)cc1F)N1CCNCC1. The number of nitrogens with zero attached hydrogens (tertiary/aromatic N) is 2. The smallest absolute Gasteiger partial charge is 0.131 e. The summed E-state index contributed by atoms with van der Waals surface area (Å²) in [5.74, 6) is -0.541. The minimum Gasteiger partial charge on any atom is -0.508 e. The summed E-state index contributed by atoms with van der Waals surface area (Å²) < 4.78 is 13.9. The molecule has 0 aromatic heterocycles. The van der Waals surface area contributed by atoms with Crippen molar-refractivity contribution >= 4 is 24.8 Å². The Morgan fingerprint density at radius 3 is 2.55 bits per heavy atom. The van der Waals surface area contributed by atoms with Gasteiger partial charge in [-0.25, -0.2) is 4.39 Å². The van der Waals surface area contributed by atoms with Crippen molar-refractivity contribution in [3.05, 3.63) is 29.6 Å². The summed E-state index contributed by atoms with van der Waals surface area (Å²) in [5.41, 5.74) is 0.483. The molecular formula is C13H18Cl2FN3O. The average Bonchev–Trinajstić information content (AvgIpc) is 2.38. The maximum atomic E-state index is 13.9. The molecule has 2 rings (SSSR count). The molecule has 112 valence electrons. The number of rotatable bonds is 3. The highest BCUT2D eigenvalue weighted by Crippen LogP contribution is 2.28. The second-order valence-corrected chi connectivity index (χ2v) is 4.37. The van der Waals surface area contributed by atoms with E-state index in [2.05, 4.69) is 16.3 Å². The van der Waals surface area contributed by atoms with Crippen LogP contribution in [0.5, 0.6) is 5.75 Å². The molecule has 2 N–H and O–H groups in total. The van der Waals surface area contributed by atoms with E-state index in [1.807, 2.05) is 0 Å². The Morgan fingerprint density at radius 1 is 1.35 bits per heavy atom. The molecule has 0 amide bonds. The number of piperazine rings is 1. The van der Waals surface area contributed by atoms with Gasteiger partial charge >= 0.3 is 0 Å². The first-order valence-electron chi connectivity index (χ1n) is 6.02. The summed E-state index contributed by atoms with van der Waals surface area (Å²) in [6.07, 6.45) is 0.252. The lowest BCUT2D eigenvalue weighted by atomic mass is 10.0. The normalized spacial score (nSPS) is 16.4. The Hall–Kier alpha value is -1.06. The largest absolute Gasteiger partial charge is 0.508 e. The van der Waals surface area contributed by atoms with Crippen LogP contribution in [0.1, 0.15) is 18.0 Å². The predicted octanol–water partition coefficient (Wildman–Crippen LogP) is 2.23. The summed E-state index contributed by atoms with van der Waals surface area (Å²) >= 11 is 0. The van der Waals surface area contributed by atoms with Gasteiger partial charge in [-0.15, -0.1) is 24.8 Å². The lowest BCUT2D eigenvalue weighted by Gasteiger charge is -2.34. The first-order chi connectivity index (χ1) is 8.72. The number of halogens is 3. The second-order valence-electron chi connectivity index (χ2n) is 4.37. The summed E-state index contributed by atoms with van der Waals surface area (Å²) in [4.78, 5) is 2.11. The van der Waals surface area contributed by atoms with Crippen LogP contribution in [-0.4, -0.2) is 36.2 Å². The molecule has 1 saturated heterocycles. The van der Waals surface area contributed by atoms with Gasteiger partial charge in [0, 0.05) is 37.8 Å². The van der Waals surface area contributed by atoms with Crippen molar-refractivity contribution in [2.75, 3.05) is 26.2 Å². The lowest BCUT2D eigenvalue weighted by molar-refractivity contribution is 0.172. The van der Waals surface area contributed by atoms with E-state index in [9.17, 15) is 9.50 Å². The van der Waals surface area contributed by atoms with Crippen molar-refractivity contribution in [1.82, 2.24) is 10.2 Å². The molecule has 1 aliphatic rings. The van der Waals surface area contributed by atoms with E-state index >= 15 is 0 Å². The zero-order chi connectivity index (χ0) is 13.0. The van der Waals surface area contributed by atoms with Gasteiger partial charge in [0.2, 0.25) is 0 Å². The highest BCUT2D eigenvalue weighted by atomic mass is 35.5. The lowest BCUT2D eigenvalue weighted by Crippen LogP contribution is -2.45. The molecule has 0 radical (unpaired) electrons. The average molecular weight is 322 g/mol. The topological polar surface area (TPSA) is 59.3 Å². The van der Waals surface area contributed by atoms with E-state index in [-0.39, 0.29) is 43.0 Å². The minimum atomic E-state index is -0.450. The molecule has 20 heavy (non-hydrogen) atoms. The van der Waals surface area contributed by atoms with Gasteiger partial charge in [0.25, 0.3) is 0 Å². The zero-order valence-corrected chi connectivity index (χ0v) is 12.5. The molecule has 0 spiro atoms. The fourth-order valence-electron chi connectivity index (χ4n) is 2.30. The molecule has 0 aliphatic carbocycles. The highest BCUT2D eigenvalue weighted by Gasteiger charge is 2.24. The summed E-state index contributed by atoms with van der Waals surface area (Å²) in [6, 6.07) is 6.00. The molecule has 1 fully saturated rings. The van der Waals surface area contributed by atoms with Crippen molar-refractivity contribution in [3.8, 4) is 11.8 Å². The van der Waals surface area contributed by atoms with E-state index in [4.69, 9.17) is 5.26 Å². The van der Waals surface area contributed by atoms with Crippen LogP contribution >= 0.6 is 24.8 Å². The molecule has 1 aliphatic heterocycles. The van der Waals surface area contributed by atoms with E-state index < -0.39 is 5.82 Å². The molecular weight excluding hydrogens is 304 g/mol. The molecule has 0 unspecified atom stereocenters. The monoisotopic (exact) mass is 321 g/mol. The maximum absolute atomic E-state index is 13.9. The Morgan fingerprint density at radius 2 is 2.00 bits per heavy atom. The van der Waals surface area contributed by atoms with Crippen molar-refractivity contribution in [2.24, 2.45) is 0 Å². The van der Waals surface area contributed by atoms with Crippen LogP contribution in [0.2, 0.25) is 0 Å². The van der Waals surface area contributed by atoms with E-state index in [1.54, 1.807) is 6.07 Å². The standard InChI is InChI=1S/C13H16FN3O.2ClH/c14-12-9-10(18)1-2-11(12)13(3-4-15)17-7-5-16-6-8-17;;/h1-2,9,13,16,18H,3,5-8H2;2*1H/t13-;;/m0../s1. The van der Waals surface area contributed by atoms with E-state index in [1.165, 1.54) is 6.07 Å². The van der Waals surface area contributed by atoms with Crippen LogP contribution in [-0.2, 0) is 0 Å². The van der Waals surface area contributed by atoms with Crippen molar-refractivity contribution < 1.29 is 9.50 Å². The summed E-state index contributed by atoms with van der Waals surface area (Å²) in [6.45, 7) is 3.29. The Labute approximate surface area is 130 Å². The minimum absolute atomic E-state index is 0. The predicted molar refractivity (Wildman–Crippen MR) is 80.0 cm³/mol. The number of phenolic OH excluding ortho intramolecular Hbond substituents is 1. The molecule has 1 aromatic carbocycles. The fraction of sp³-hybridized carbons (Fsp3) is 0.462. The van der Waals surface area contributed by atoms with Gasteiger partial charge in [-0.1, -0.05) is 6.07 Å². The van der Waals surface area contributed by atoms with Gasteiger partial charge in [-0.2, -0.15) is 5.26 Å². The summed E-state index contributed by atoms with van der Waals surface area (Å²) in [7, 11) is 0. The van der Waals surface area contributed by atoms with Crippen LogP contribution in [0, 0.1) is 17.1 Å². The van der Waals surface area contributed by atoms with Gasteiger partial charge in [-0.05, 0) is 6.07 Å². The number of hydrogen-bond donors (Lipinski definition) is 2. The molecule has 4 nitrogen and oxygen atoms in total. The Balaban J connectivity index is 0.00000180. The third-order valence-corrected chi connectivity index (χ3v) is 3.22. The van der Waals surface area contributed by atoms with Crippen LogP contribution < -0.4 is 5.32 Å². The number of hydrogen-bond acceptors (Lipinski definition) is 4. The van der Waals surface area contributed by atoms with Crippen molar-refractivity contribution in [2.45, 2.75) is 12.5 Å². The van der Waals surface area contributed by atoms with Gasteiger partial charge < -0.3 is 10.4 Å². The molecule has 0 saturated carbocycles.